The van der Waals surface area contributed by atoms with Crippen LogP contribution in [0.4, 0.5) is 0 Å². The number of aromatic nitrogens is 1. The molecule has 104 valence electrons. The number of hydrogen-bond acceptors (Lipinski definition) is 4. The van der Waals surface area contributed by atoms with Gasteiger partial charge in [0.25, 0.3) is 10.0 Å². The normalized spacial score (nSPS) is 27.6. The van der Waals surface area contributed by atoms with Crippen LogP contribution in [0, 0.1) is 11.8 Å². The summed E-state index contributed by atoms with van der Waals surface area (Å²) in [6, 6.07) is 3.09. The summed E-state index contributed by atoms with van der Waals surface area (Å²) < 4.78 is 26.5. The zero-order valence-electron chi connectivity index (χ0n) is 10.7. The summed E-state index contributed by atoms with van der Waals surface area (Å²) >= 11 is 0. The first-order valence-corrected chi connectivity index (χ1v) is 8.11. The van der Waals surface area contributed by atoms with Gasteiger partial charge in [-0.3, -0.25) is 0 Å². The van der Waals surface area contributed by atoms with E-state index in [4.69, 9.17) is 5.11 Å². The van der Waals surface area contributed by atoms with E-state index >= 15 is 0 Å². The van der Waals surface area contributed by atoms with E-state index in [1.54, 1.807) is 10.4 Å². The van der Waals surface area contributed by atoms with Crippen LogP contribution in [0.1, 0.15) is 24.8 Å². The minimum Gasteiger partial charge on any atom is -0.392 e. The second kappa shape index (κ2) is 4.85. The highest BCUT2D eigenvalue weighted by Gasteiger charge is 2.41. The van der Waals surface area contributed by atoms with Crippen LogP contribution in [0.3, 0.4) is 0 Å². The van der Waals surface area contributed by atoms with Crippen LogP contribution >= 0.6 is 0 Å². The van der Waals surface area contributed by atoms with Crippen molar-refractivity contribution in [3.05, 3.63) is 23.9 Å². The zero-order chi connectivity index (χ0) is 13.5. The van der Waals surface area contributed by atoms with E-state index in [2.05, 4.69) is 4.98 Å². The molecule has 0 radical (unpaired) electrons. The third-order valence-corrected chi connectivity index (χ3v) is 6.03. The van der Waals surface area contributed by atoms with E-state index < -0.39 is 10.0 Å². The summed E-state index contributed by atoms with van der Waals surface area (Å²) in [5.74, 6) is 1.07. The number of fused-ring (bicyclic) bond motifs is 1. The fourth-order valence-corrected chi connectivity index (χ4v) is 4.64. The van der Waals surface area contributed by atoms with E-state index in [1.807, 2.05) is 0 Å². The van der Waals surface area contributed by atoms with Gasteiger partial charge >= 0.3 is 0 Å². The Balaban J connectivity index is 1.82. The molecule has 1 N–H and O–H groups in total. The molecule has 2 fully saturated rings. The molecule has 1 aromatic heterocycles. The summed E-state index contributed by atoms with van der Waals surface area (Å²) in [6.07, 6.45) is 4.94. The van der Waals surface area contributed by atoms with Crippen LogP contribution < -0.4 is 0 Å². The summed E-state index contributed by atoms with van der Waals surface area (Å²) in [5.41, 5.74) is 0.622. The molecule has 1 aliphatic carbocycles. The lowest BCUT2D eigenvalue weighted by molar-refractivity contribution is 0.281. The highest BCUT2D eigenvalue weighted by Crippen LogP contribution is 2.39. The van der Waals surface area contributed by atoms with Gasteiger partial charge in [-0.2, -0.15) is 4.31 Å². The second-order valence-electron chi connectivity index (χ2n) is 5.44. The van der Waals surface area contributed by atoms with E-state index in [-0.39, 0.29) is 11.6 Å². The van der Waals surface area contributed by atoms with Gasteiger partial charge in [0.1, 0.15) is 0 Å². The van der Waals surface area contributed by atoms with Gasteiger partial charge in [-0.1, -0.05) is 12.5 Å². The first-order valence-electron chi connectivity index (χ1n) is 6.67. The van der Waals surface area contributed by atoms with Crippen molar-refractivity contribution in [1.82, 2.24) is 9.29 Å². The van der Waals surface area contributed by atoms with Crippen molar-refractivity contribution in [2.75, 3.05) is 13.1 Å². The largest absolute Gasteiger partial charge is 0.392 e. The maximum Gasteiger partial charge on any atom is 0.260 e. The van der Waals surface area contributed by atoms with Crippen molar-refractivity contribution >= 4 is 10.0 Å². The molecule has 0 aromatic carbocycles. The maximum atomic E-state index is 12.5. The molecule has 2 heterocycles. The molecule has 1 saturated carbocycles. The lowest BCUT2D eigenvalue weighted by Gasteiger charge is -2.16. The van der Waals surface area contributed by atoms with Crippen molar-refractivity contribution in [3.8, 4) is 0 Å². The Morgan fingerprint density at radius 3 is 2.47 bits per heavy atom. The highest BCUT2D eigenvalue weighted by atomic mass is 32.2. The molecular formula is C13H18N2O3S. The molecule has 2 atom stereocenters. The summed E-state index contributed by atoms with van der Waals surface area (Å²) in [4.78, 5) is 3.97. The smallest absolute Gasteiger partial charge is 0.260 e. The van der Waals surface area contributed by atoms with Crippen LogP contribution in [0.15, 0.2) is 23.4 Å². The van der Waals surface area contributed by atoms with Crippen LogP contribution in [0.5, 0.6) is 0 Å². The van der Waals surface area contributed by atoms with Crippen LogP contribution in [-0.4, -0.2) is 35.9 Å². The van der Waals surface area contributed by atoms with E-state index in [0.717, 1.165) is 12.8 Å². The number of pyridine rings is 1. The Morgan fingerprint density at radius 2 is 1.95 bits per heavy atom. The molecule has 0 bridgehead atoms. The lowest BCUT2D eigenvalue weighted by atomic mass is 10.0. The van der Waals surface area contributed by atoms with Crippen molar-refractivity contribution < 1.29 is 13.5 Å². The van der Waals surface area contributed by atoms with E-state index in [9.17, 15) is 8.42 Å². The minimum atomic E-state index is -3.47. The number of rotatable bonds is 3. The third kappa shape index (κ3) is 2.28. The molecule has 19 heavy (non-hydrogen) atoms. The molecule has 6 heteroatoms. The predicted molar refractivity (Wildman–Crippen MR) is 69.7 cm³/mol. The van der Waals surface area contributed by atoms with Gasteiger partial charge in [-0.15, -0.1) is 0 Å². The van der Waals surface area contributed by atoms with Crippen molar-refractivity contribution in [3.63, 3.8) is 0 Å². The standard InChI is InChI=1S/C13H18N2O3S/c16-9-10-4-5-13(14-6-10)19(17,18)15-7-11-2-1-3-12(11)8-15/h4-6,11-12,16H,1-3,7-9H2. The summed E-state index contributed by atoms with van der Waals surface area (Å²) in [5, 5.41) is 9.04. The number of aliphatic hydroxyl groups excluding tert-OH is 1. The monoisotopic (exact) mass is 282 g/mol. The first kappa shape index (κ1) is 13.0. The number of nitrogens with zero attached hydrogens (tertiary/aromatic N) is 2. The molecule has 1 saturated heterocycles. The fourth-order valence-electron chi connectivity index (χ4n) is 3.18. The Labute approximate surface area is 113 Å². The number of aliphatic hydroxyl groups is 1. The molecule has 3 rings (SSSR count). The van der Waals surface area contributed by atoms with Gasteiger partial charge in [-0.05, 0) is 36.3 Å². The molecule has 1 aromatic rings. The van der Waals surface area contributed by atoms with Crippen LogP contribution in [-0.2, 0) is 16.6 Å². The van der Waals surface area contributed by atoms with Gasteiger partial charge in [0.05, 0.1) is 6.61 Å². The van der Waals surface area contributed by atoms with Crippen molar-refractivity contribution in [1.29, 1.82) is 0 Å². The van der Waals surface area contributed by atoms with Crippen molar-refractivity contribution in [2.24, 2.45) is 11.8 Å². The second-order valence-corrected chi connectivity index (χ2v) is 7.32. The quantitative estimate of drug-likeness (QED) is 0.897. The molecule has 2 unspecified atom stereocenters. The van der Waals surface area contributed by atoms with Gasteiger partial charge < -0.3 is 5.11 Å². The Morgan fingerprint density at radius 1 is 1.26 bits per heavy atom. The first-order chi connectivity index (χ1) is 9.11. The summed E-state index contributed by atoms with van der Waals surface area (Å²) in [7, 11) is -3.47. The van der Waals surface area contributed by atoms with Gasteiger partial charge in [0.2, 0.25) is 0 Å². The van der Waals surface area contributed by atoms with Gasteiger partial charge in [0, 0.05) is 19.3 Å². The fraction of sp³-hybridized carbons (Fsp3) is 0.615. The van der Waals surface area contributed by atoms with Gasteiger partial charge in [-0.25, -0.2) is 13.4 Å². The Kier molecular flexibility index (Phi) is 3.32. The van der Waals surface area contributed by atoms with Crippen molar-refractivity contribution in [2.45, 2.75) is 30.9 Å². The van der Waals surface area contributed by atoms with Crippen LogP contribution in [0.25, 0.3) is 0 Å². The molecule has 2 aliphatic rings. The zero-order valence-corrected chi connectivity index (χ0v) is 11.5. The topological polar surface area (TPSA) is 70.5 Å². The minimum absolute atomic E-state index is 0.0877. The molecule has 0 amide bonds. The average molecular weight is 282 g/mol. The molecule has 1 aliphatic heterocycles. The Bertz CT molecular complexity index is 544. The third-order valence-electron chi connectivity index (χ3n) is 4.28. The molecule has 5 nitrogen and oxygen atoms in total. The average Bonchev–Trinajstić information content (AvgIpc) is 2.99. The molecule has 0 spiro atoms. The number of hydrogen-bond donors (Lipinski definition) is 1. The van der Waals surface area contributed by atoms with E-state index in [1.165, 1.54) is 18.7 Å². The molecular weight excluding hydrogens is 264 g/mol. The number of sulfonamides is 1. The maximum absolute atomic E-state index is 12.5. The summed E-state index contributed by atoms with van der Waals surface area (Å²) in [6.45, 7) is 1.15. The Hall–Kier alpha value is -0.980. The van der Waals surface area contributed by atoms with Crippen LogP contribution in [0.2, 0.25) is 0 Å². The highest BCUT2D eigenvalue weighted by molar-refractivity contribution is 7.89. The van der Waals surface area contributed by atoms with Gasteiger partial charge in [0.15, 0.2) is 5.03 Å². The van der Waals surface area contributed by atoms with E-state index in [0.29, 0.717) is 30.5 Å². The predicted octanol–water partition coefficient (Wildman–Crippen LogP) is 0.995. The lowest BCUT2D eigenvalue weighted by Crippen LogP contribution is -2.30. The SMILES string of the molecule is O=S(=O)(c1ccc(CO)cn1)N1CC2CCCC2C1.